The van der Waals surface area contributed by atoms with Crippen LogP contribution in [0, 0.1) is 0 Å². The van der Waals surface area contributed by atoms with E-state index in [4.69, 9.17) is 12.8 Å². The van der Waals surface area contributed by atoms with Gasteiger partial charge in [-0.25, -0.2) is 4.98 Å². The van der Waals surface area contributed by atoms with E-state index in [0.717, 1.165) is 32.3 Å². The predicted octanol–water partition coefficient (Wildman–Crippen LogP) is 3.91. The summed E-state index contributed by atoms with van der Waals surface area (Å²) in [6.45, 7) is 0. The Balaban J connectivity index is 2.04. The molecule has 3 aromatic carbocycles. The maximum atomic E-state index is 6.06. The average molecular weight is 271 g/mol. The molecule has 0 amide bonds. The van der Waals surface area contributed by atoms with Gasteiger partial charge in [0.2, 0.25) is 0 Å². The zero-order valence-electron chi connectivity index (χ0n) is 10.7. The van der Waals surface area contributed by atoms with Gasteiger partial charge in [0, 0.05) is 5.56 Å². The third-order valence-corrected chi connectivity index (χ3v) is 4.55. The monoisotopic (exact) mass is 271 g/mol. The number of hydrogen-bond acceptors (Lipinski definition) is 2. The lowest BCUT2D eigenvalue weighted by Gasteiger charge is -2.06. The van der Waals surface area contributed by atoms with Crippen molar-refractivity contribution in [1.82, 2.24) is 4.98 Å². The van der Waals surface area contributed by atoms with Crippen LogP contribution in [-0.4, -0.2) is 12.8 Å². The molecule has 1 heterocycles. The summed E-state index contributed by atoms with van der Waals surface area (Å²) >= 11 is 1.72. The average Bonchev–Trinajstić information content (AvgIpc) is 2.91. The molecule has 0 N–H and O–H groups in total. The molecule has 4 aromatic rings. The normalized spacial score (nSPS) is 11.2. The van der Waals surface area contributed by atoms with Crippen LogP contribution in [0.15, 0.2) is 60.7 Å². The van der Waals surface area contributed by atoms with Crippen LogP contribution in [0.5, 0.6) is 0 Å². The van der Waals surface area contributed by atoms with Crippen LogP contribution in [0.3, 0.4) is 0 Å². The Morgan fingerprint density at radius 1 is 0.800 bits per heavy atom. The Hall–Kier alpha value is -2.13. The molecule has 0 atom stereocenters. The summed E-state index contributed by atoms with van der Waals surface area (Å²) in [7, 11) is 6.06. The molecule has 1 nitrogen and oxygen atoms in total. The van der Waals surface area contributed by atoms with Crippen molar-refractivity contribution in [2.75, 3.05) is 0 Å². The van der Waals surface area contributed by atoms with Crippen molar-refractivity contribution in [3.05, 3.63) is 60.7 Å². The van der Waals surface area contributed by atoms with Gasteiger partial charge in [-0.2, -0.15) is 0 Å². The first-order valence-corrected chi connectivity index (χ1v) is 7.28. The quantitative estimate of drug-likeness (QED) is 0.478. The molecule has 1 aromatic heterocycles. The second-order valence-corrected chi connectivity index (χ2v) is 5.77. The number of para-hydroxylation sites is 1. The van der Waals surface area contributed by atoms with E-state index < -0.39 is 0 Å². The lowest BCUT2D eigenvalue weighted by molar-refractivity contribution is 1.49. The standard InChI is InChI=1S/C17H10BNS/c18-14-10-9-13(11-5-1-2-6-12(11)14)17-19-15-7-3-4-8-16(15)20-17/h1-10H. The molecule has 92 valence electrons. The molecule has 4 rings (SSSR count). The molecule has 0 aliphatic carbocycles. The maximum absolute atomic E-state index is 6.06. The van der Waals surface area contributed by atoms with Gasteiger partial charge in [-0.05, 0) is 22.9 Å². The maximum Gasteiger partial charge on any atom is 0.125 e. The number of hydrogen-bond donors (Lipinski definition) is 0. The second-order valence-electron chi connectivity index (χ2n) is 4.73. The number of fused-ring (bicyclic) bond motifs is 2. The Labute approximate surface area is 122 Å². The molecule has 3 heteroatoms. The third kappa shape index (κ3) is 1.74. The van der Waals surface area contributed by atoms with Crippen molar-refractivity contribution in [2.24, 2.45) is 0 Å². The summed E-state index contributed by atoms with van der Waals surface area (Å²) < 4.78 is 1.21. The smallest absolute Gasteiger partial charge is 0.125 e. The van der Waals surface area contributed by atoms with Gasteiger partial charge in [-0.15, -0.1) is 11.3 Å². The number of thiazole rings is 1. The van der Waals surface area contributed by atoms with E-state index in [1.165, 1.54) is 4.70 Å². The number of nitrogens with zero attached hydrogens (tertiary/aromatic N) is 1. The van der Waals surface area contributed by atoms with Gasteiger partial charge in [0.25, 0.3) is 0 Å². The Morgan fingerprint density at radius 2 is 1.55 bits per heavy atom. The van der Waals surface area contributed by atoms with E-state index in [1.807, 2.05) is 30.3 Å². The fourth-order valence-corrected chi connectivity index (χ4v) is 3.50. The fourth-order valence-electron chi connectivity index (χ4n) is 2.50. The molecule has 0 aliphatic rings. The topological polar surface area (TPSA) is 12.9 Å². The van der Waals surface area contributed by atoms with Crippen molar-refractivity contribution < 1.29 is 0 Å². The van der Waals surface area contributed by atoms with Crippen LogP contribution in [0.4, 0.5) is 0 Å². The fraction of sp³-hybridized carbons (Fsp3) is 0. The Bertz CT molecular complexity index is 893. The summed E-state index contributed by atoms with van der Waals surface area (Å²) in [4.78, 5) is 4.74. The summed E-state index contributed by atoms with van der Waals surface area (Å²) in [5.41, 5.74) is 3.01. The first-order valence-electron chi connectivity index (χ1n) is 6.46. The van der Waals surface area contributed by atoms with E-state index in [-0.39, 0.29) is 0 Å². The molecular formula is C17H10BNS. The summed E-state index contributed by atoms with van der Waals surface area (Å²) in [5, 5.41) is 3.29. The highest BCUT2D eigenvalue weighted by molar-refractivity contribution is 7.21. The molecule has 0 spiro atoms. The van der Waals surface area contributed by atoms with Crippen molar-refractivity contribution in [2.45, 2.75) is 0 Å². The first-order chi connectivity index (χ1) is 9.83. The number of benzene rings is 3. The molecule has 20 heavy (non-hydrogen) atoms. The van der Waals surface area contributed by atoms with Crippen molar-refractivity contribution >= 4 is 45.6 Å². The van der Waals surface area contributed by atoms with Gasteiger partial charge < -0.3 is 0 Å². The van der Waals surface area contributed by atoms with Crippen LogP contribution in [0.2, 0.25) is 0 Å². The van der Waals surface area contributed by atoms with Crippen LogP contribution >= 0.6 is 11.3 Å². The Kier molecular flexibility index (Phi) is 2.61. The summed E-state index contributed by atoms with van der Waals surface area (Å²) in [6, 6.07) is 20.5. The van der Waals surface area contributed by atoms with Crippen LogP contribution in [0.1, 0.15) is 0 Å². The molecule has 0 unspecified atom stereocenters. The highest BCUT2D eigenvalue weighted by atomic mass is 32.1. The number of aromatic nitrogens is 1. The Morgan fingerprint density at radius 3 is 2.40 bits per heavy atom. The van der Waals surface area contributed by atoms with E-state index in [9.17, 15) is 0 Å². The van der Waals surface area contributed by atoms with Crippen molar-refractivity contribution in [3.8, 4) is 10.6 Å². The summed E-state index contributed by atoms with van der Waals surface area (Å²) in [5.74, 6) is 0. The van der Waals surface area contributed by atoms with E-state index in [0.29, 0.717) is 0 Å². The van der Waals surface area contributed by atoms with Gasteiger partial charge in [0.1, 0.15) is 12.9 Å². The van der Waals surface area contributed by atoms with Gasteiger partial charge >= 0.3 is 0 Å². The number of rotatable bonds is 1. The minimum atomic E-state index is 0.811. The van der Waals surface area contributed by atoms with Gasteiger partial charge in [0.15, 0.2) is 0 Å². The minimum Gasteiger partial charge on any atom is -0.236 e. The van der Waals surface area contributed by atoms with Crippen LogP contribution in [-0.2, 0) is 0 Å². The molecule has 0 saturated heterocycles. The largest absolute Gasteiger partial charge is 0.236 e. The minimum absolute atomic E-state index is 0.811. The molecule has 2 radical (unpaired) electrons. The SMILES string of the molecule is [B]c1ccc(-c2nc3ccccc3s2)c2ccccc12. The summed E-state index contributed by atoms with van der Waals surface area (Å²) in [6.07, 6.45) is 0. The first kappa shape index (κ1) is 11.7. The molecular weight excluding hydrogens is 261 g/mol. The van der Waals surface area contributed by atoms with Gasteiger partial charge in [-0.1, -0.05) is 54.0 Å². The molecule has 0 fully saturated rings. The van der Waals surface area contributed by atoms with Gasteiger partial charge in [0.05, 0.1) is 10.2 Å². The molecule has 0 saturated carbocycles. The van der Waals surface area contributed by atoms with Crippen molar-refractivity contribution in [1.29, 1.82) is 0 Å². The lowest BCUT2D eigenvalue weighted by atomic mass is 9.88. The van der Waals surface area contributed by atoms with Crippen molar-refractivity contribution in [3.63, 3.8) is 0 Å². The van der Waals surface area contributed by atoms with E-state index in [1.54, 1.807) is 11.3 Å². The highest BCUT2D eigenvalue weighted by Crippen LogP contribution is 2.33. The zero-order valence-corrected chi connectivity index (χ0v) is 11.5. The van der Waals surface area contributed by atoms with Gasteiger partial charge in [-0.3, -0.25) is 0 Å². The van der Waals surface area contributed by atoms with E-state index >= 15 is 0 Å². The predicted molar refractivity (Wildman–Crippen MR) is 88.0 cm³/mol. The van der Waals surface area contributed by atoms with E-state index in [2.05, 4.69) is 30.3 Å². The third-order valence-electron chi connectivity index (χ3n) is 3.48. The zero-order chi connectivity index (χ0) is 13.5. The molecule has 0 aliphatic heterocycles. The van der Waals surface area contributed by atoms with Crippen LogP contribution in [0.25, 0.3) is 31.6 Å². The van der Waals surface area contributed by atoms with Crippen LogP contribution < -0.4 is 5.46 Å². The second kappa shape index (κ2) is 4.46. The highest BCUT2D eigenvalue weighted by Gasteiger charge is 2.09. The molecule has 0 bridgehead atoms. The lowest BCUT2D eigenvalue weighted by Crippen LogP contribution is -2.03.